The molecule has 1 aromatic carbocycles. The zero-order valence-electron chi connectivity index (χ0n) is 13.2. The van der Waals surface area contributed by atoms with Crippen LogP contribution in [0.1, 0.15) is 12.5 Å². The molecular formula is C16H15N3O5S. The van der Waals surface area contributed by atoms with Crippen molar-refractivity contribution < 1.29 is 24.7 Å². The lowest BCUT2D eigenvalue weighted by molar-refractivity contribution is -0.150. The summed E-state index contributed by atoms with van der Waals surface area (Å²) >= 11 is 1.38. The Kier molecular flexibility index (Phi) is 4.49. The van der Waals surface area contributed by atoms with E-state index in [9.17, 15) is 19.5 Å². The van der Waals surface area contributed by atoms with Gasteiger partial charge in [-0.25, -0.2) is 4.79 Å². The van der Waals surface area contributed by atoms with Gasteiger partial charge in [0.2, 0.25) is 0 Å². The second-order valence-corrected chi connectivity index (χ2v) is 6.71. The van der Waals surface area contributed by atoms with Crippen molar-refractivity contribution in [3.05, 3.63) is 47.2 Å². The van der Waals surface area contributed by atoms with Crippen LogP contribution in [0.2, 0.25) is 0 Å². The van der Waals surface area contributed by atoms with E-state index in [0.29, 0.717) is 16.9 Å². The Labute approximate surface area is 147 Å². The van der Waals surface area contributed by atoms with E-state index in [1.54, 1.807) is 37.3 Å². The first-order valence-electron chi connectivity index (χ1n) is 7.41. The zero-order chi connectivity index (χ0) is 18.1. The molecule has 0 bridgehead atoms. The molecule has 2 aliphatic heterocycles. The van der Waals surface area contributed by atoms with Gasteiger partial charge in [0.1, 0.15) is 17.1 Å². The van der Waals surface area contributed by atoms with Gasteiger partial charge in [0, 0.05) is 11.3 Å². The highest BCUT2D eigenvalue weighted by Crippen LogP contribution is 2.40. The number of β-lactam (4-membered cyclic amide) rings is 1. The van der Waals surface area contributed by atoms with Crippen molar-refractivity contribution in [2.75, 3.05) is 5.75 Å². The number of rotatable bonds is 4. The molecule has 25 heavy (non-hydrogen) atoms. The molecular weight excluding hydrogens is 346 g/mol. The summed E-state index contributed by atoms with van der Waals surface area (Å²) in [5.74, 6) is -1.90. The Bertz CT molecular complexity index is 805. The van der Waals surface area contributed by atoms with Crippen LogP contribution >= 0.6 is 11.8 Å². The lowest BCUT2D eigenvalue weighted by atomic mass is 10.0. The van der Waals surface area contributed by atoms with E-state index in [2.05, 4.69) is 10.5 Å². The molecule has 3 rings (SSSR count). The standard InChI is InChI=1S/C16H15N3O5S/c1-8-7-25-15-11(14(21)19(15)12(8)16(22)23)17-13(20)10(18-24)9-5-3-2-4-6-9/h2-6,11,15,24H,7H2,1H3,(H,17,20)(H,22,23)/t11-,15+/m1/s1. The van der Waals surface area contributed by atoms with Gasteiger partial charge in [-0.3, -0.25) is 14.5 Å². The van der Waals surface area contributed by atoms with Crippen molar-refractivity contribution in [2.24, 2.45) is 5.16 Å². The van der Waals surface area contributed by atoms with E-state index in [-0.39, 0.29) is 11.4 Å². The third-order valence-electron chi connectivity index (χ3n) is 4.01. The summed E-state index contributed by atoms with van der Waals surface area (Å²) in [5.41, 5.74) is 0.773. The Balaban J connectivity index is 1.76. The first kappa shape index (κ1) is 17.0. The maximum atomic E-state index is 12.4. The number of carboxylic acid groups (broad SMARTS) is 1. The molecule has 0 aliphatic carbocycles. The zero-order valence-corrected chi connectivity index (χ0v) is 14.0. The van der Waals surface area contributed by atoms with Gasteiger partial charge in [-0.05, 0) is 12.5 Å². The number of thioether (sulfide) groups is 1. The predicted molar refractivity (Wildman–Crippen MR) is 90.1 cm³/mol. The van der Waals surface area contributed by atoms with Crippen LogP contribution in [0.25, 0.3) is 0 Å². The Morgan fingerprint density at radius 3 is 2.60 bits per heavy atom. The smallest absolute Gasteiger partial charge is 0.352 e. The van der Waals surface area contributed by atoms with Crippen LogP contribution in [0.4, 0.5) is 0 Å². The highest BCUT2D eigenvalue weighted by atomic mass is 32.2. The third-order valence-corrected chi connectivity index (χ3v) is 5.43. The van der Waals surface area contributed by atoms with Crippen molar-refractivity contribution in [1.29, 1.82) is 0 Å². The molecule has 0 spiro atoms. The SMILES string of the molecule is CC1=C(C(=O)O)N2C(=O)[C@@H](NC(=O)C(=NO)c3ccccc3)[C@@H]2SC1. The van der Waals surface area contributed by atoms with Crippen LogP contribution in [0.3, 0.4) is 0 Å². The van der Waals surface area contributed by atoms with Crippen LogP contribution in [0, 0.1) is 0 Å². The highest BCUT2D eigenvalue weighted by molar-refractivity contribution is 8.00. The molecule has 2 amide bonds. The van der Waals surface area contributed by atoms with Gasteiger partial charge in [-0.15, -0.1) is 11.8 Å². The predicted octanol–water partition coefficient (Wildman–Crippen LogP) is 0.623. The molecule has 3 N–H and O–H groups in total. The fraction of sp³-hybridized carbons (Fsp3) is 0.250. The van der Waals surface area contributed by atoms with Crippen molar-refractivity contribution in [3.63, 3.8) is 0 Å². The van der Waals surface area contributed by atoms with E-state index in [4.69, 9.17) is 5.21 Å². The number of aliphatic carboxylic acids is 1. The number of oxime groups is 1. The summed E-state index contributed by atoms with van der Waals surface area (Å²) in [6.07, 6.45) is 0. The van der Waals surface area contributed by atoms with Gasteiger partial charge in [0.25, 0.3) is 11.8 Å². The summed E-state index contributed by atoms with van der Waals surface area (Å²) in [7, 11) is 0. The van der Waals surface area contributed by atoms with Crippen molar-refractivity contribution in [2.45, 2.75) is 18.3 Å². The lowest BCUT2D eigenvalue weighted by Crippen LogP contribution is -2.71. The molecule has 130 valence electrons. The fourth-order valence-corrected chi connectivity index (χ4v) is 4.11. The molecule has 2 heterocycles. The summed E-state index contributed by atoms with van der Waals surface area (Å²) in [6, 6.07) is 7.48. The fourth-order valence-electron chi connectivity index (χ4n) is 2.82. The summed E-state index contributed by atoms with van der Waals surface area (Å²) in [4.78, 5) is 37.3. The van der Waals surface area contributed by atoms with Crippen LogP contribution in [-0.4, -0.2) is 55.9 Å². The number of amides is 2. The lowest BCUT2D eigenvalue weighted by Gasteiger charge is -2.49. The van der Waals surface area contributed by atoms with Crippen molar-refractivity contribution >= 4 is 35.3 Å². The molecule has 1 saturated heterocycles. The monoisotopic (exact) mass is 361 g/mol. The molecule has 0 aromatic heterocycles. The van der Waals surface area contributed by atoms with Crippen LogP contribution in [-0.2, 0) is 14.4 Å². The van der Waals surface area contributed by atoms with Crippen LogP contribution < -0.4 is 5.32 Å². The first-order chi connectivity index (χ1) is 12.0. The minimum Gasteiger partial charge on any atom is -0.477 e. The van der Waals surface area contributed by atoms with Gasteiger partial charge in [-0.1, -0.05) is 35.5 Å². The average Bonchev–Trinajstić information content (AvgIpc) is 2.60. The Morgan fingerprint density at radius 1 is 1.32 bits per heavy atom. The number of carboxylic acids is 1. The number of carbonyl (C=O) groups is 3. The molecule has 9 heteroatoms. The number of fused-ring (bicyclic) bond motifs is 1. The third kappa shape index (κ3) is 2.86. The first-order valence-corrected chi connectivity index (χ1v) is 8.46. The van der Waals surface area contributed by atoms with Gasteiger partial charge < -0.3 is 15.6 Å². The van der Waals surface area contributed by atoms with Gasteiger partial charge >= 0.3 is 5.97 Å². The molecule has 0 radical (unpaired) electrons. The minimum atomic E-state index is -1.16. The molecule has 0 saturated carbocycles. The minimum absolute atomic E-state index is 0.0293. The topological polar surface area (TPSA) is 119 Å². The number of benzene rings is 1. The average molecular weight is 361 g/mol. The Hall–Kier alpha value is -2.81. The van der Waals surface area contributed by atoms with Gasteiger partial charge in [0.05, 0.1) is 0 Å². The highest BCUT2D eigenvalue weighted by Gasteiger charge is 2.53. The molecule has 8 nitrogen and oxygen atoms in total. The second kappa shape index (κ2) is 6.60. The summed E-state index contributed by atoms with van der Waals surface area (Å²) in [6.45, 7) is 1.66. The summed E-state index contributed by atoms with van der Waals surface area (Å²) < 4.78 is 0. The number of nitrogens with one attached hydrogen (secondary N) is 1. The number of hydrogen-bond donors (Lipinski definition) is 3. The maximum Gasteiger partial charge on any atom is 0.352 e. The van der Waals surface area contributed by atoms with Crippen LogP contribution in [0.5, 0.6) is 0 Å². The number of nitrogens with zero attached hydrogens (tertiary/aromatic N) is 2. The molecule has 1 fully saturated rings. The van der Waals surface area contributed by atoms with Gasteiger partial charge in [0.15, 0.2) is 5.71 Å². The molecule has 2 atom stereocenters. The Morgan fingerprint density at radius 2 is 2.00 bits per heavy atom. The van der Waals surface area contributed by atoms with Crippen molar-refractivity contribution in [3.8, 4) is 0 Å². The molecule has 1 aromatic rings. The van der Waals surface area contributed by atoms with E-state index in [1.807, 2.05) is 0 Å². The van der Waals surface area contributed by atoms with E-state index < -0.39 is 29.2 Å². The quantitative estimate of drug-likeness (QED) is 0.313. The van der Waals surface area contributed by atoms with E-state index in [1.165, 1.54) is 16.7 Å². The number of carbonyl (C=O) groups excluding carboxylic acids is 2. The second-order valence-electron chi connectivity index (χ2n) is 5.61. The van der Waals surface area contributed by atoms with E-state index in [0.717, 1.165) is 0 Å². The van der Waals surface area contributed by atoms with Crippen LogP contribution in [0.15, 0.2) is 46.8 Å². The normalized spacial score (nSPS) is 23.0. The number of hydrogen-bond acceptors (Lipinski definition) is 6. The van der Waals surface area contributed by atoms with Crippen molar-refractivity contribution in [1.82, 2.24) is 10.2 Å². The van der Waals surface area contributed by atoms with Gasteiger partial charge in [-0.2, -0.15) is 0 Å². The van der Waals surface area contributed by atoms with E-state index >= 15 is 0 Å². The maximum absolute atomic E-state index is 12.4. The molecule has 2 aliphatic rings. The summed E-state index contributed by atoms with van der Waals surface area (Å²) in [5, 5.41) is 23.5. The molecule has 0 unspecified atom stereocenters. The largest absolute Gasteiger partial charge is 0.477 e.